The van der Waals surface area contributed by atoms with Gasteiger partial charge in [-0.1, -0.05) is 22.5 Å². The molecule has 0 saturated carbocycles. The Morgan fingerprint density at radius 1 is 1.67 bits per heavy atom. The summed E-state index contributed by atoms with van der Waals surface area (Å²) in [6, 6.07) is 3.63. The van der Waals surface area contributed by atoms with Crippen molar-refractivity contribution in [1.29, 1.82) is 0 Å². The summed E-state index contributed by atoms with van der Waals surface area (Å²) in [5.41, 5.74) is 0. The molecule has 66 valence electrons. The van der Waals surface area contributed by atoms with E-state index in [4.69, 9.17) is 16.0 Å². The van der Waals surface area contributed by atoms with Gasteiger partial charge in [0.15, 0.2) is 5.22 Å². The first-order valence-corrected chi connectivity index (χ1v) is 5.66. The van der Waals surface area contributed by atoms with Crippen LogP contribution in [0.3, 0.4) is 0 Å². The second-order valence-electron chi connectivity index (χ2n) is 2.22. The lowest BCUT2D eigenvalue weighted by Gasteiger charge is -1.95. The van der Waals surface area contributed by atoms with Crippen molar-refractivity contribution in [3.63, 3.8) is 0 Å². The van der Waals surface area contributed by atoms with Crippen molar-refractivity contribution in [2.24, 2.45) is 0 Å². The second-order valence-corrected chi connectivity index (χ2v) is 4.70. The highest BCUT2D eigenvalue weighted by molar-refractivity contribution is 9.11. The van der Waals surface area contributed by atoms with Gasteiger partial charge in [0, 0.05) is 5.75 Å². The Hall–Kier alpha value is 0.140. The third-order valence-corrected chi connectivity index (χ3v) is 3.03. The summed E-state index contributed by atoms with van der Waals surface area (Å²) in [4.78, 5) is 0. The van der Waals surface area contributed by atoms with Gasteiger partial charge in [-0.15, -0.1) is 11.8 Å². The van der Waals surface area contributed by atoms with Crippen LogP contribution in [0.25, 0.3) is 0 Å². The highest BCUT2D eigenvalue weighted by Crippen LogP contribution is 2.20. The maximum absolute atomic E-state index is 5.60. The van der Waals surface area contributed by atoms with E-state index in [1.165, 1.54) is 0 Å². The zero-order valence-corrected chi connectivity index (χ0v) is 9.51. The maximum Gasteiger partial charge on any atom is 0.193 e. The summed E-state index contributed by atoms with van der Waals surface area (Å²) >= 11 is 10.6. The molecule has 0 aliphatic heterocycles. The molecule has 0 radical (unpaired) electrons. The highest BCUT2D eigenvalue weighted by atomic mass is 79.9. The molecule has 0 aliphatic carbocycles. The molecule has 0 unspecified atom stereocenters. The zero-order valence-electron chi connectivity index (χ0n) is 6.35. The molecular formula is C8H8BrClOS. The van der Waals surface area contributed by atoms with E-state index in [1.54, 1.807) is 17.8 Å². The van der Waals surface area contributed by atoms with Gasteiger partial charge in [0.1, 0.15) is 5.76 Å². The van der Waals surface area contributed by atoms with Crippen LogP contribution in [-0.4, -0.2) is 5.75 Å². The summed E-state index contributed by atoms with van der Waals surface area (Å²) < 4.78 is 6.16. The van der Waals surface area contributed by atoms with Gasteiger partial charge in [0.2, 0.25) is 0 Å². The average molecular weight is 268 g/mol. The molecule has 0 N–H and O–H groups in total. The van der Waals surface area contributed by atoms with Crippen LogP contribution in [0.4, 0.5) is 0 Å². The summed E-state index contributed by atoms with van der Waals surface area (Å²) in [5.74, 6) is 2.62. The number of rotatable bonds is 4. The Balaban J connectivity index is 2.29. The number of halogens is 2. The van der Waals surface area contributed by atoms with E-state index in [9.17, 15) is 0 Å². The lowest BCUT2D eigenvalue weighted by molar-refractivity contribution is 0.532. The average Bonchev–Trinajstić information content (AvgIpc) is 2.35. The third-order valence-electron chi connectivity index (χ3n) is 1.13. The zero-order chi connectivity index (χ0) is 8.97. The predicted molar refractivity (Wildman–Crippen MR) is 57.9 cm³/mol. The smallest absolute Gasteiger partial charge is 0.193 e. The maximum atomic E-state index is 5.60. The normalized spacial score (nSPS) is 10.2. The van der Waals surface area contributed by atoms with Crippen molar-refractivity contribution >= 4 is 39.3 Å². The molecule has 0 fully saturated rings. The van der Waals surface area contributed by atoms with Gasteiger partial charge in [-0.3, -0.25) is 0 Å². The molecule has 0 bridgehead atoms. The predicted octanol–water partition coefficient (Wildman–Crippen LogP) is 4.07. The van der Waals surface area contributed by atoms with Crippen molar-refractivity contribution < 1.29 is 4.42 Å². The van der Waals surface area contributed by atoms with Gasteiger partial charge in [-0.2, -0.15) is 0 Å². The van der Waals surface area contributed by atoms with Crippen LogP contribution in [0.5, 0.6) is 0 Å². The molecule has 1 nitrogen and oxygen atoms in total. The molecular weight excluding hydrogens is 260 g/mol. The van der Waals surface area contributed by atoms with Crippen molar-refractivity contribution in [3.8, 4) is 0 Å². The minimum Gasteiger partial charge on any atom is -0.449 e. The first-order chi connectivity index (χ1) is 5.68. The molecule has 0 aliphatic rings. The Morgan fingerprint density at radius 2 is 2.42 bits per heavy atom. The molecule has 1 aromatic rings. The third kappa shape index (κ3) is 3.70. The first-order valence-electron chi connectivity index (χ1n) is 3.33. The van der Waals surface area contributed by atoms with Gasteiger partial charge in [0.25, 0.3) is 0 Å². The molecule has 1 aromatic heterocycles. The summed E-state index contributed by atoms with van der Waals surface area (Å²) in [6.07, 6.45) is 0. The minimum atomic E-state index is 0.447. The fourth-order valence-electron chi connectivity index (χ4n) is 0.692. The molecule has 0 saturated heterocycles. The fourth-order valence-corrected chi connectivity index (χ4v) is 2.02. The molecule has 1 rings (SSSR count). The molecule has 12 heavy (non-hydrogen) atoms. The monoisotopic (exact) mass is 266 g/mol. The van der Waals surface area contributed by atoms with Crippen molar-refractivity contribution in [2.75, 3.05) is 5.75 Å². The van der Waals surface area contributed by atoms with Crippen molar-refractivity contribution in [1.82, 2.24) is 0 Å². The SMILES string of the molecule is C=C(Br)CSCc1ccc(Cl)o1. The molecule has 0 aromatic carbocycles. The van der Waals surface area contributed by atoms with Crippen LogP contribution >= 0.6 is 39.3 Å². The standard InChI is InChI=1S/C8H8BrClOS/c1-6(9)4-12-5-7-2-3-8(10)11-7/h2-3H,1,4-5H2. The van der Waals surface area contributed by atoms with Crippen LogP contribution in [-0.2, 0) is 5.75 Å². The Morgan fingerprint density at radius 3 is 2.92 bits per heavy atom. The quantitative estimate of drug-likeness (QED) is 0.815. The second kappa shape index (κ2) is 5.00. The van der Waals surface area contributed by atoms with Gasteiger partial charge >= 0.3 is 0 Å². The number of thioether (sulfide) groups is 1. The fraction of sp³-hybridized carbons (Fsp3) is 0.250. The van der Waals surface area contributed by atoms with Crippen LogP contribution < -0.4 is 0 Å². The first kappa shape index (κ1) is 10.2. The number of hydrogen-bond acceptors (Lipinski definition) is 2. The molecule has 1 heterocycles. The lowest BCUT2D eigenvalue weighted by Crippen LogP contribution is -1.78. The number of hydrogen-bond donors (Lipinski definition) is 0. The van der Waals surface area contributed by atoms with Crippen LogP contribution in [0, 0.1) is 0 Å². The van der Waals surface area contributed by atoms with E-state index in [1.807, 2.05) is 6.07 Å². The largest absolute Gasteiger partial charge is 0.449 e. The van der Waals surface area contributed by atoms with Crippen LogP contribution in [0.2, 0.25) is 5.22 Å². The molecule has 4 heteroatoms. The van der Waals surface area contributed by atoms with Crippen molar-refractivity contribution in [2.45, 2.75) is 5.75 Å². The van der Waals surface area contributed by atoms with Gasteiger partial charge in [-0.05, 0) is 28.2 Å². The van der Waals surface area contributed by atoms with Crippen LogP contribution in [0.1, 0.15) is 5.76 Å². The minimum absolute atomic E-state index is 0.447. The number of furan rings is 1. The summed E-state index contributed by atoms with van der Waals surface area (Å²) in [6.45, 7) is 3.73. The van der Waals surface area contributed by atoms with E-state index >= 15 is 0 Å². The van der Waals surface area contributed by atoms with Gasteiger partial charge < -0.3 is 4.42 Å². The topological polar surface area (TPSA) is 13.1 Å². The molecule has 0 spiro atoms. The molecule has 0 amide bonds. The van der Waals surface area contributed by atoms with Crippen molar-refractivity contribution in [3.05, 3.63) is 34.2 Å². The highest BCUT2D eigenvalue weighted by Gasteiger charge is 1.99. The van der Waals surface area contributed by atoms with E-state index < -0.39 is 0 Å². The Labute approximate surface area is 89.3 Å². The van der Waals surface area contributed by atoms with E-state index in [-0.39, 0.29) is 0 Å². The lowest BCUT2D eigenvalue weighted by atomic mass is 10.5. The Bertz CT molecular complexity index is 272. The van der Waals surface area contributed by atoms with E-state index in [0.717, 1.165) is 21.7 Å². The molecule has 0 atom stereocenters. The van der Waals surface area contributed by atoms with Crippen LogP contribution in [0.15, 0.2) is 27.6 Å². The van der Waals surface area contributed by atoms with E-state index in [2.05, 4.69) is 22.5 Å². The summed E-state index contributed by atoms with van der Waals surface area (Å²) in [7, 11) is 0. The van der Waals surface area contributed by atoms with Gasteiger partial charge in [0.05, 0.1) is 5.75 Å². The van der Waals surface area contributed by atoms with E-state index in [0.29, 0.717) is 5.22 Å². The van der Waals surface area contributed by atoms with Gasteiger partial charge in [-0.25, -0.2) is 0 Å². The Kier molecular flexibility index (Phi) is 4.26. The summed E-state index contributed by atoms with van der Waals surface area (Å²) in [5, 5.41) is 0.447.